The predicted molar refractivity (Wildman–Crippen MR) is 67.9 cm³/mol. The molecule has 0 aliphatic rings. The van der Waals surface area contributed by atoms with Crippen molar-refractivity contribution in [3.63, 3.8) is 0 Å². The lowest BCUT2D eigenvalue weighted by Gasteiger charge is -2.01. The number of rotatable bonds is 5. The minimum absolute atomic E-state index is 0.0808. The van der Waals surface area contributed by atoms with Crippen LogP contribution in [-0.4, -0.2) is 21.5 Å². The number of benzene rings is 1. The van der Waals surface area contributed by atoms with Crippen molar-refractivity contribution in [2.75, 3.05) is 5.75 Å². The summed E-state index contributed by atoms with van der Waals surface area (Å²) in [5.41, 5.74) is 0.821. The normalized spacial score (nSPS) is 10.3. The van der Waals surface area contributed by atoms with Gasteiger partial charge in [-0.15, -0.1) is 0 Å². The van der Waals surface area contributed by atoms with Gasteiger partial charge in [-0.3, -0.25) is 9.78 Å². The van der Waals surface area contributed by atoms with Crippen molar-refractivity contribution in [3.05, 3.63) is 54.2 Å². The number of hydrogen-bond donors (Lipinski definition) is 0. The van der Waals surface area contributed by atoms with E-state index < -0.39 is 0 Å². The van der Waals surface area contributed by atoms with Gasteiger partial charge in [0.2, 0.25) is 0 Å². The molecule has 0 amide bonds. The molecule has 0 aliphatic carbocycles. The second-order valence-corrected chi connectivity index (χ2v) is 4.67. The van der Waals surface area contributed by atoms with E-state index in [1.807, 2.05) is 0 Å². The van der Waals surface area contributed by atoms with Gasteiger partial charge in [-0.2, -0.15) is 0 Å². The van der Waals surface area contributed by atoms with Gasteiger partial charge in [0.05, 0.1) is 11.9 Å². The van der Waals surface area contributed by atoms with Crippen LogP contribution < -0.4 is 0 Å². The SMILES string of the molecule is O=C(CSc1cnccn1)Cc1ccc(F)cc1. The van der Waals surface area contributed by atoms with Crippen LogP contribution in [0.25, 0.3) is 0 Å². The molecule has 0 saturated carbocycles. The number of ketones is 1. The molecule has 0 N–H and O–H groups in total. The molecule has 0 spiro atoms. The van der Waals surface area contributed by atoms with E-state index in [2.05, 4.69) is 9.97 Å². The fourth-order valence-corrected chi connectivity index (χ4v) is 2.08. The zero-order valence-electron chi connectivity index (χ0n) is 9.54. The zero-order valence-corrected chi connectivity index (χ0v) is 10.4. The smallest absolute Gasteiger partial charge is 0.147 e. The van der Waals surface area contributed by atoms with Crippen LogP contribution in [0.2, 0.25) is 0 Å². The summed E-state index contributed by atoms with van der Waals surface area (Å²) in [7, 11) is 0. The third-order valence-electron chi connectivity index (χ3n) is 2.24. The first-order chi connectivity index (χ1) is 8.74. The number of carbonyl (C=O) groups excluding carboxylic acids is 1. The van der Waals surface area contributed by atoms with Crippen LogP contribution in [0.1, 0.15) is 5.56 Å². The Morgan fingerprint density at radius 1 is 1.22 bits per heavy atom. The highest BCUT2D eigenvalue weighted by atomic mass is 32.2. The highest BCUT2D eigenvalue weighted by Crippen LogP contribution is 2.14. The van der Waals surface area contributed by atoms with Crippen LogP contribution in [0.5, 0.6) is 0 Å². The molecular formula is C13H11FN2OS. The zero-order chi connectivity index (χ0) is 12.8. The van der Waals surface area contributed by atoms with Gasteiger partial charge >= 0.3 is 0 Å². The average Bonchev–Trinajstić information content (AvgIpc) is 2.40. The van der Waals surface area contributed by atoms with Gasteiger partial charge in [0, 0.05) is 18.8 Å². The summed E-state index contributed by atoms with van der Waals surface area (Å²) in [5.74, 6) is 0.133. The molecular weight excluding hydrogens is 251 g/mol. The highest BCUT2D eigenvalue weighted by Gasteiger charge is 2.05. The standard InChI is InChI=1S/C13H11FN2OS/c14-11-3-1-10(2-4-11)7-12(17)9-18-13-8-15-5-6-16-13/h1-6,8H,7,9H2. The van der Waals surface area contributed by atoms with Crippen molar-refractivity contribution >= 4 is 17.5 Å². The molecule has 0 bridgehead atoms. The van der Waals surface area contributed by atoms with Gasteiger partial charge in [0.15, 0.2) is 0 Å². The van der Waals surface area contributed by atoms with E-state index in [1.54, 1.807) is 30.7 Å². The number of hydrogen-bond acceptors (Lipinski definition) is 4. The van der Waals surface area contributed by atoms with E-state index in [0.717, 1.165) is 10.6 Å². The lowest BCUT2D eigenvalue weighted by molar-refractivity contribution is -0.116. The number of Topliss-reactive ketones (excluding diaryl/α,β-unsaturated/α-hetero) is 1. The Labute approximate surface area is 108 Å². The molecule has 0 radical (unpaired) electrons. The second kappa shape index (κ2) is 6.26. The third-order valence-corrected chi connectivity index (χ3v) is 3.21. The van der Waals surface area contributed by atoms with Crippen LogP contribution in [-0.2, 0) is 11.2 Å². The molecule has 1 aromatic carbocycles. The number of halogens is 1. The molecule has 1 heterocycles. The summed E-state index contributed by atoms with van der Waals surface area (Å²) in [6.07, 6.45) is 5.11. The number of thioether (sulfide) groups is 1. The van der Waals surface area contributed by atoms with Gasteiger partial charge in [-0.05, 0) is 17.7 Å². The van der Waals surface area contributed by atoms with E-state index in [9.17, 15) is 9.18 Å². The molecule has 3 nitrogen and oxygen atoms in total. The maximum Gasteiger partial charge on any atom is 0.147 e. The van der Waals surface area contributed by atoms with E-state index in [4.69, 9.17) is 0 Å². The Bertz CT molecular complexity index is 516. The molecule has 0 unspecified atom stereocenters. The van der Waals surface area contributed by atoms with Crippen LogP contribution in [0.3, 0.4) is 0 Å². The van der Waals surface area contributed by atoms with Crippen molar-refractivity contribution in [1.82, 2.24) is 9.97 Å². The Kier molecular flexibility index (Phi) is 4.41. The van der Waals surface area contributed by atoms with E-state index in [0.29, 0.717) is 12.2 Å². The molecule has 5 heteroatoms. The van der Waals surface area contributed by atoms with Crippen LogP contribution >= 0.6 is 11.8 Å². The minimum Gasteiger partial charge on any atom is -0.298 e. The van der Waals surface area contributed by atoms with Crippen LogP contribution in [0.4, 0.5) is 4.39 Å². The Balaban J connectivity index is 1.84. The van der Waals surface area contributed by atoms with Crippen LogP contribution in [0, 0.1) is 5.82 Å². The maximum atomic E-state index is 12.7. The molecule has 92 valence electrons. The first-order valence-corrected chi connectivity index (χ1v) is 6.37. The van der Waals surface area contributed by atoms with Crippen molar-refractivity contribution < 1.29 is 9.18 Å². The van der Waals surface area contributed by atoms with Gasteiger partial charge in [-0.1, -0.05) is 23.9 Å². The summed E-state index contributed by atoms with van der Waals surface area (Å²) in [6, 6.07) is 5.97. The highest BCUT2D eigenvalue weighted by molar-refractivity contribution is 7.99. The molecule has 0 atom stereocenters. The largest absolute Gasteiger partial charge is 0.298 e. The Morgan fingerprint density at radius 2 is 2.00 bits per heavy atom. The van der Waals surface area contributed by atoms with Gasteiger partial charge < -0.3 is 0 Å². The summed E-state index contributed by atoms with van der Waals surface area (Å²) in [4.78, 5) is 19.7. The topological polar surface area (TPSA) is 42.9 Å². The Hall–Kier alpha value is -1.75. The van der Waals surface area contributed by atoms with Crippen molar-refractivity contribution in [2.45, 2.75) is 11.4 Å². The first kappa shape index (κ1) is 12.7. The second-order valence-electron chi connectivity index (χ2n) is 3.67. The first-order valence-electron chi connectivity index (χ1n) is 5.39. The fourth-order valence-electron chi connectivity index (χ4n) is 1.40. The number of carbonyl (C=O) groups is 1. The summed E-state index contributed by atoms with van der Waals surface area (Å²) < 4.78 is 12.7. The molecule has 1 aromatic heterocycles. The number of nitrogens with zero attached hydrogens (tertiary/aromatic N) is 2. The lowest BCUT2D eigenvalue weighted by atomic mass is 10.1. The minimum atomic E-state index is -0.292. The molecule has 0 fully saturated rings. The van der Waals surface area contributed by atoms with E-state index in [1.165, 1.54) is 23.9 Å². The van der Waals surface area contributed by atoms with Gasteiger partial charge in [-0.25, -0.2) is 9.37 Å². The Morgan fingerprint density at radius 3 is 2.67 bits per heavy atom. The van der Waals surface area contributed by atoms with Crippen LogP contribution in [0.15, 0.2) is 47.9 Å². The maximum absolute atomic E-state index is 12.7. The van der Waals surface area contributed by atoms with Gasteiger partial charge in [0.1, 0.15) is 16.6 Å². The predicted octanol–water partition coefficient (Wildman–Crippen LogP) is 2.52. The lowest BCUT2D eigenvalue weighted by Crippen LogP contribution is -2.05. The van der Waals surface area contributed by atoms with Crippen molar-refractivity contribution in [2.24, 2.45) is 0 Å². The van der Waals surface area contributed by atoms with E-state index >= 15 is 0 Å². The molecule has 0 aliphatic heterocycles. The third kappa shape index (κ3) is 3.92. The van der Waals surface area contributed by atoms with Crippen molar-refractivity contribution in [1.29, 1.82) is 0 Å². The summed E-state index contributed by atoms with van der Waals surface area (Å²) >= 11 is 1.35. The molecule has 2 rings (SSSR count). The monoisotopic (exact) mass is 262 g/mol. The molecule has 0 saturated heterocycles. The fraction of sp³-hybridized carbons (Fsp3) is 0.154. The average molecular weight is 262 g/mol. The number of aromatic nitrogens is 2. The van der Waals surface area contributed by atoms with Crippen molar-refractivity contribution in [3.8, 4) is 0 Å². The quantitative estimate of drug-likeness (QED) is 0.777. The van der Waals surface area contributed by atoms with E-state index in [-0.39, 0.29) is 11.6 Å². The summed E-state index contributed by atoms with van der Waals surface area (Å²) in [5, 5.41) is 0.727. The molecule has 2 aromatic rings. The molecule has 18 heavy (non-hydrogen) atoms. The summed E-state index contributed by atoms with van der Waals surface area (Å²) in [6.45, 7) is 0. The van der Waals surface area contributed by atoms with Gasteiger partial charge in [0.25, 0.3) is 0 Å².